The van der Waals surface area contributed by atoms with Crippen LogP contribution in [0, 0.1) is 11.8 Å². The second-order valence-electron chi connectivity index (χ2n) is 7.27. The first-order valence-electron chi connectivity index (χ1n) is 10.6. The van der Waals surface area contributed by atoms with Crippen LogP contribution in [0.4, 0.5) is 0 Å². The molecule has 12 nitrogen and oxygen atoms in total. The standard InChI is InChI=1S/C18H30N2O10P2/c1-5-26-31(24,27-6-2)18(32(25,28-7-3)29-8-4)14-12(11-21)30-16(15(14)18)20-10-9-13(22)19-17(20)23/h9-10,12,14-16,21H,5-8,11H2,1-4H3,(H,19,22,23)/t12-,14-,15-,16-/m1/s1. The molecule has 0 amide bonds. The Bertz CT molecular complexity index is 974. The van der Waals surface area contributed by atoms with Crippen molar-refractivity contribution < 1.29 is 37.1 Å². The molecule has 0 aromatic carbocycles. The number of H-pyrrole nitrogens is 1. The molecule has 0 bridgehead atoms. The maximum Gasteiger partial charge on any atom is 0.349 e. The van der Waals surface area contributed by atoms with Gasteiger partial charge in [-0.1, -0.05) is 0 Å². The van der Waals surface area contributed by atoms with Gasteiger partial charge in [0.15, 0.2) is 4.90 Å². The zero-order valence-corrected chi connectivity index (χ0v) is 20.3. The van der Waals surface area contributed by atoms with Gasteiger partial charge in [-0.15, -0.1) is 0 Å². The van der Waals surface area contributed by atoms with E-state index in [2.05, 4.69) is 4.98 Å². The van der Waals surface area contributed by atoms with Gasteiger partial charge in [0.1, 0.15) is 6.23 Å². The van der Waals surface area contributed by atoms with E-state index in [0.29, 0.717) is 0 Å². The average molecular weight is 496 g/mol. The van der Waals surface area contributed by atoms with E-state index in [1.54, 1.807) is 27.7 Å². The van der Waals surface area contributed by atoms with Crippen LogP contribution in [0.25, 0.3) is 0 Å². The Kier molecular flexibility index (Phi) is 7.69. The Labute approximate surface area is 185 Å². The molecule has 4 atom stereocenters. The summed E-state index contributed by atoms with van der Waals surface area (Å²) < 4.78 is 57.9. The molecule has 2 aliphatic rings. The molecule has 1 aliphatic heterocycles. The minimum absolute atomic E-state index is 0.00929. The summed E-state index contributed by atoms with van der Waals surface area (Å²) in [6.07, 6.45) is -0.845. The number of aromatic nitrogens is 2. The van der Waals surface area contributed by atoms with Gasteiger partial charge in [-0.2, -0.15) is 0 Å². The van der Waals surface area contributed by atoms with E-state index in [0.717, 1.165) is 10.6 Å². The molecule has 0 spiro atoms. The molecule has 1 aromatic heterocycles. The van der Waals surface area contributed by atoms with Crippen LogP contribution in [0.15, 0.2) is 21.9 Å². The summed E-state index contributed by atoms with van der Waals surface area (Å²) in [6, 6.07) is 1.13. The third-order valence-electron chi connectivity index (χ3n) is 5.66. The molecule has 1 aliphatic carbocycles. The molecule has 2 heterocycles. The summed E-state index contributed by atoms with van der Waals surface area (Å²) in [4.78, 5) is 24.4. The predicted octanol–water partition coefficient (Wildman–Crippen LogP) is 1.90. The van der Waals surface area contributed by atoms with E-state index < -0.39 is 62.1 Å². The van der Waals surface area contributed by atoms with Crippen LogP contribution in [-0.4, -0.2) is 58.7 Å². The fraction of sp³-hybridized carbons (Fsp3) is 0.778. The molecule has 0 unspecified atom stereocenters. The largest absolute Gasteiger partial charge is 0.394 e. The van der Waals surface area contributed by atoms with Crippen LogP contribution in [0.5, 0.6) is 0 Å². The van der Waals surface area contributed by atoms with Gasteiger partial charge in [-0.3, -0.25) is 23.5 Å². The molecule has 0 radical (unpaired) electrons. The number of aromatic amines is 1. The lowest BCUT2D eigenvalue weighted by Crippen LogP contribution is -2.38. The lowest BCUT2D eigenvalue weighted by Gasteiger charge is -2.37. The van der Waals surface area contributed by atoms with Gasteiger partial charge in [-0.25, -0.2) is 4.79 Å². The van der Waals surface area contributed by atoms with Crippen LogP contribution in [-0.2, 0) is 32.0 Å². The smallest absolute Gasteiger partial charge is 0.349 e. The number of rotatable bonds is 12. The van der Waals surface area contributed by atoms with E-state index >= 15 is 0 Å². The van der Waals surface area contributed by atoms with Crippen molar-refractivity contribution in [1.29, 1.82) is 0 Å². The molecule has 14 heteroatoms. The highest BCUT2D eigenvalue weighted by atomic mass is 31.2. The van der Waals surface area contributed by atoms with Gasteiger partial charge in [-0.05, 0) is 27.7 Å². The molecule has 3 rings (SSSR count). The molecule has 182 valence electrons. The van der Waals surface area contributed by atoms with Crippen LogP contribution in [0.1, 0.15) is 33.9 Å². The zero-order valence-electron chi connectivity index (χ0n) is 18.5. The number of hydrogen-bond acceptors (Lipinski definition) is 10. The lowest BCUT2D eigenvalue weighted by molar-refractivity contribution is -0.0567. The van der Waals surface area contributed by atoms with Gasteiger partial charge in [0.25, 0.3) is 5.56 Å². The molecule has 32 heavy (non-hydrogen) atoms. The Hall–Kier alpha value is -1.10. The van der Waals surface area contributed by atoms with Crippen LogP contribution in [0.2, 0.25) is 0 Å². The van der Waals surface area contributed by atoms with Crippen LogP contribution >= 0.6 is 15.2 Å². The Morgan fingerprint density at radius 2 is 1.50 bits per heavy atom. The second kappa shape index (κ2) is 9.64. The molecule has 2 fully saturated rings. The lowest BCUT2D eigenvalue weighted by atomic mass is 10.2. The third-order valence-corrected chi connectivity index (χ3v) is 12.5. The van der Waals surface area contributed by atoms with Crippen molar-refractivity contribution in [1.82, 2.24) is 9.55 Å². The molecule has 1 saturated heterocycles. The number of nitrogens with one attached hydrogen (secondary N) is 1. The predicted molar refractivity (Wildman–Crippen MR) is 114 cm³/mol. The van der Waals surface area contributed by atoms with Crippen molar-refractivity contribution in [3.05, 3.63) is 33.1 Å². The zero-order chi connectivity index (χ0) is 23.7. The van der Waals surface area contributed by atoms with Gasteiger partial charge in [0.2, 0.25) is 0 Å². The molecule has 1 saturated carbocycles. The second-order valence-corrected chi connectivity index (χ2v) is 12.1. The van der Waals surface area contributed by atoms with Crippen molar-refractivity contribution in [2.24, 2.45) is 11.8 Å². The van der Waals surface area contributed by atoms with E-state index in [4.69, 9.17) is 22.8 Å². The molecular formula is C18H30N2O10P2. The average Bonchev–Trinajstić information content (AvgIpc) is 3.30. The van der Waals surface area contributed by atoms with Crippen molar-refractivity contribution in [2.75, 3.05) is 33.0 Å². The SMILES string of the molecule is CCOP(=O)(OCC)C1(P(=O)(OCC)OCC)[C@@H]2[C@H]1[C@@H](CO)O[C@H]2n1ccc(=O)[nH]c1=O. The molecule has 2 N–H and O–H groups in total. The number of hydrogen-bond donors (Lipinski definition) is 2. The highest BCUT2D eigenvalue weighted by Crippen LogP contribution is 2.95. The number of fused-ring (bicyclic) bond motifs is 1. The van der Waals surface area contributed by atoms with Crippen LogP contribution in [0.3, 0.4) is 0 Å². The summed E-state index contributed by atoms with van der Waals surface area (Å²) >= 11 is 0. The first-order chi connectivity index (χ1) is 15.2. The summed E-state index contributed by atoms with van der Waals surface area (Å²) in [5.74, 6) is -1.69. The number of nitrogens with zero attached hydrogens (tertiary/aromatic N) is 1. The highest BCUT2D eigenvalue weighted by Gasteiger charge is 2.91. The maximum absolute atomic E-state index is 14.2. The fourth-order valence-electron chi connectivity index (χ4n) is 4.72. The minimum Gasteiger partial charge on any atom is -0.394 e. The number of ether oxygens (including phenoxy) is 1. The first-order valence-corrected chi connectivity index (χ1v) is 13.7. The van der Waals surface area contributed by atoms with Gasteiger partial charge in [0.05, 0.1) is 39.1 Å². The van der Waals surface area contributed by atoms with Crippen molar-refractivity contribution in [3.8, 4) is 0 Å². The highest BCUT2D eigenvalue weighted by molar-refractivity contribution is 7.75. The summed E-state index contributed by atoms with van der Waals surface area (Å²) in [7, 11) is -8.39. The van der Waals surface area contributed by atoms with Gasteiger partial charge >= 0.3 is 20.9 Å². The molecule has 1 aromatic rings. The fourth-order valence-corrected chi connectivity index (χ4v) is 11.5. The van der Waals surface area contributed by atoms with Crippen molar-refractivity contribution >= 4 is 15.2 Å². The minimum atomic E-state index is -4.19. The Morgan fingerprint density at radius 3 is 1.91 bits per heavy atom. The van der Waals surface area contributed by atoms with E-state index in [-0.39, 0.29) is 26.4 Å². The van der Waals surface area contributed by atoms with E-state index in [1.165, 1.54) is 6.20 Å². The van der Waals surface area contributed by atoms with Crippen LogP contribution < -0.4 is 11.2 Å². The maximum atomic E-state index is 14.2. The molecular weight excluding hydrogens is 466 g/mol. The van der Waals surface area contributed by atoms with Gasteiger partial charge in [0, 0.05) is 24.1 Å². The van der Waals surface area contributed by atoms with Crippen molar-refractivity contribution in [2.45, 2.75) is 44.9 Å². The van der Waals surface area contributed by atoms with Crippen molar-refractivity contribution in [3.63, 3.8) is 0 Å². The number of aliphatic hydroxyl groups excluding tert-OH is 1. The number of aliphatic hydroxyl groups is 1. The summed E-state index contributed by atoms with van der Waals surface area (Å²) in [6.45, 7) is 5.93. The van der Waals surface area contributed by atoms with Gasteiger partial charge < -0.3 is 27.9 Å². The first kappa shape index (κ1) is 25.5. The van der Waals surface area contributed by atoms with E-state index in [1.807, 2.05) is 0 Å². The van der Waals surface area contributed by atoms with E-state index in [9.17, 15) is 23.8 Å². The normalized spacial score (nSPS) is 26.8. The monoisotopic (exact) mass is 496 g/mol. The third kappa shape index (κ3) is 3.71. The quantitative estimate of drug-likeness (QED) is 0.410. The topological polar surface area (TPSA) is 155 Å². The summed E-state index contributed by atoms with van der Waals surface area (Å²) in [5.41, 5.74) is -1.38. The Balaban J connectivity index is 2.26. The summed E-state index contributed by atoms with van der Waals surface area (Å²) in [5, 5.41) is 10.0. The Morgan fingerprint density at radius 1 is 1.00 bits per heavy atom.